The molecule has 0 aromatic heterocycles. The Morgan fingerprint density at radius 2 is 1.64 bits per heavy atom. The lowest BCUT2D eigenvalue weighted by Crippen LogP contribution is -2.58. The maximum absolute atomic E-state index is 14.4. The first-order valence-corrected chi connectivity index (χ1v) is 21.5. The largest absolute Gasteiger partial charge is 0.854 e. The molecule has 2 aliphatic rings. The average molecular weight is 851 g/mol. The van der Waals surface area contributed by atoms with Gasteiger partial charge < -0.3 is 45.3 Å². The van der Waals surface area contributed by atoms with E-state index in [-0.39, 0.29) is 50.3 Å². The van der Waals surface area contributed by atoms with E-state index in [0.717, 1.165) is 32.1 Å². The Balaban J connectivity index is 1.40. The fourth-order valence-corrected chi connectivity index (χ4v) is 7.74. The van der Waals surface area contributed by atoms with E-state index in [9.17, 15) is 39.0 Å². The second-order valence-corrected chi connectivity index (χ2v) is 16.7. The highest BCUT2D eigenvalue weighted by molar-refractivity contribution is 6.38. The summed E-state index contributed by atoms with van der Waals surface area (Å²) in [5.41, 5.74) is 0.325. The van der Waals surface area contributed by atoms with E-state index in [4.69, 9.17) is 14.2 Å². The molecule has 2 fully saturated rings. The minimum Gasteiger partial charge on any atom is -0.854 e. The van der Waals surface area contributed by atoms with Crippen molar-refractivity contribution in [2.24, 2.45) is 5.92 Å². The molecule has 16 nitrogen and oxygen atoms in total. The molecule has 5 atom stereocenters. The molecule has 0 spiro atoms. The zero-order valence-corrected chi connectivity index (χ0v) is 36.2. The number of ether oxygens (including phenoxy) is 3. The predicted octanol–water partition coefficient (Wildman–Crippen LogP) is 2.38. The number of methoxy groups -OCH3 is 1. The van der Waals surface area contributed by atoms with Crippen molar-refractivity contribution in [2.45, 2.75) is 134 Å². The summed E-state index contributed by atoms with van der Waals surface area (Å²) < 4.78 is 16.6. The first-order chi connectivity index (χ1) is 29.1. The van der Waals surface area contributed by atoms with Crippen LogP contribution in [0.3, 0.4) is 0 Å². The summed E-state index contributed by atoms with van der Waals surface area (Å²) in [4.78, 5) is 83.1. The number of Topliss-reactive ketones (excluding diaryl/α,β-unsaturated/α-hetero) is 1. The summed E-state index contributed by atoms with van der Waals surface area (Å²) >= 11 is 0. The van der Waals surface area contributed by atoms with E-state index in [1.165, 1.54) is 12.0 Å². The average Bonchev–Trinajstić information content (AvgIpc) is 3.74. The Kier molecular flexibility index (Phi) is 19.0. The number of esters is 1. The van der Waals surface area contributed by atoms with Gasteiger partial charge in [-0.25, -0.2) is 4.79 Å². The van der Waals surface area contributed by atoms with Gasteiger partial charge in [-0.1, -0.05) is 62.9 Å². The van der Waals surface area contributed by atoms with E-state index in [1.54, 1.807) is 76.2 Å². The van der Waals surface area contributed by atoms with Crippen molar-refractivity contribution in [3.63, 3.8) is 0 Å². The molecular weight excluding hydrogens is 787 g/mol. The second-order valence-electron chi connectivity index (χ2n) is 16.7. The third kappa shape index (κ3) is 15.1. The number of ketones is 1. The van der Waals surface area contributed by atoms with Gasteiger partial charge in [0.05, 0.1) is 32.7 Å². The van der Waals surface area contributed by atoms with Crippen molar-refractivity contribution in [3.8, 4) is 11.5 Å². The first kappa shape index (κ1) is 48.6. The van der Waals surface area contributed by atoms with E-state index in [0.29, 0.717) is 48.3 Å². The molecule has 4 amide bonds. The molecule has 336 valence electrons. The van der Waals surface area contributed by atoms with Gasteiger partial charge in [0.2, 0.25) is 23.5 Å². The molecule has 1 saturated carbocycles. The molecule has 1 aliphatic carbocycles. The number of amides is 4. The van der Waals surface area contributed by atoms with Crippen LogP contribution in [-0.4, -0.2) is 109 Å². The number of carbonyl (C=O) groups excluding carboxylic acids is 6. The fraction of sp³-hybridized carbons (Fsp3) is 0.600. The van der Waals surface area contributed by atoms with Gasteiger partial charge in [-0.15, -0.1) is 6.61 Å². The number of nitrogens with zero attached hydrogens (tertiary/aromatic N) is 1. The molecule has 1 heterocycles. The maximum atomic E-state index is 14.4. The second kappa shape index (κ2) is 23.8. The van der Waals surface area contributed by atoms with Crippen LogP contribution in [-0.2, 0) is 39.9 Å². The molecule has 1 aliphatic heterocycles. The van der Waals surface area contributed by atoms with E-state index in [2.05, 4.69) is 21.3 Å². The quantitative estimate of drug-likeness (QED) is 0.0499. The Labute approximate surface area is 358 Å². The molecule has 16 heteroatoms. The number of nitrogens with one attached hydrogen (secondary N) is 4. The standard InChI is InChI=1S/C45H64N5O11/c1-6-15-34(40(54)42(56)46-28-37(53)49-39(31-18-11-8-12-19-31)44(58)61-45(2,3)4)47-41(55)35-20-13-21-50(35)43(57)38(30-16-9-7-10-17-30)48-36(52)26-29-24-32(59-5)27-33(25-29)60-23-14-22-51/h8,11-12,18-19,24-25,27,30,34-35,37-39,49,53H,6-7,9-10,13-17,20-23,26,28H2,1-5H3,(H,46,56)(H,47,55)(H,48,52)/q-1/t34?,35-,37?,38?,39-/m0/s1. The van der Waals surface area contributed by atoms with Crippen LogP contribution in [0.4, 0.5) is 0 Å². The van der Waals surface area contributed by atoms with E-state index >= 15 is 0 Å². The Bertz CT molecular complexity index is 1780. The predicted molar refractivity (Wildman–Crippen MR) is 224 cm³/mol. The highest BCUT2D eigenvalue weighted by atomic mass is 16.6. The third-order valence-corrected chi connectivity index (χ3v) is 10.7. The van der Waals surface area contributed by atoms with Crippen molar-refractivity contribution in [1.29, 1.82) is 0 Å². The van der Waals surface area contributed by atoms with Gasteiger partial charge in [0.15, 0.2) is 0 Å². The van der Waals surface area contributed by atoms with Gasteiger partial charge in [-0.05, 0) is 88.5 Å². The van der Waals surface area contributed by atoms with Crippen LogP contribution >= 0.6 is 0 Å². The molecule has 1 saturated heterocycles. The molecule has 4 rings (SSSR count). The minimum absolute atomic E-state index is 0.0666. The van der Waals surface area contributed by atoms with Gasteiger partial charge in [-0.3, -0.25) is 29.3 Å². The Morgan fingerprint density at radius 3 is 2.30 bits per heavy atom. The summed E-state index contributed by atoms with van der Waals surface area (Å²) in [5.74, 6) is -3.14. The number of rotatable bonds is 22. The van der Waals surface area contributed by atoms with Gasteiger partial charge in [-0.2, -0.15) is 0 Å². The summed E-state index contributed by atoms with van der Waals surface area (Å²) in [7, 11) is 1.50. The highest BCUT2D eigenvalue weighted by Gasteiger charge is 2.42. The normalized spacial score (nSPS) is 17.6. The topological polar surface area (TPSA) is 225 Å². The molecule has 3 unspecified atom stereocenters. The molecule has 61 heavy (non-hydrogen) atoms. The zero-order valence-electron chi connectivity index (χ0n) is 36.2. The van der Waals surface area contributed by atoms with Gasteiger partial charge in [0.25, 0.3) is 5.91 Å². The van der Waals surface area contributed by atoms with Gasteiger partial charge >= 0.3 is 5.97 Å². The molecular formula is C45H64N5O11-. The van der Waals surface area contributed by atoms with Crippen molar-refractivity contribution in [3.05, 3.63) is 59.7 Å². The van der Waals surface area contributed by atoms with Crippen LogP contribution < -0.4 is 35.8 Å². The van der Waals surface area contributed by atoms with Crippen molar-refractivity contribution in [1.82, 2.24) is 26.2 Å². The third-order valence-electron chi connectivity index (χ3n) is 10.7. The summed E-state index contributed by atoms with van der Waals surface area (Å²) in [6, 6.07) is 9.63. The number of aliphatic hydroxyl groups excluding tert-OH is 1. The Morgan fingerprint density at radius 1 is 0.934 bits per heavy atom. The Hall–Kier alpha value is -5.06. The molecule has 0 radical (unpaired) electrons. The smallest absolute Gasteiger partial charge is 0.328 e. The lowest BCUT2D eigenvalue weighted by atomic mass is 9.83. The lowest BCUT2D eigenvalue weighted by Gasteiger charge is -2.35. The number of benzene rings is 2. The van der Waals surface area contributed by atoms with Crippen molar-refractivity contribution >= 4 is 35.4 Å². The summed E-state index contributed by atoms with van der Waals surface area (Å²) in [6.07, 6.45) is 4.57. The van der Waals surface area contributed by atoms with E-state index < -0.39 is 66.1 Å². The van der Waals surface area contributed by atoms with Crippen molar-refractivity contribution in [2.75, 3.05) is 33.4 Å². The zero-order chi connectivity index (χ0) is 44.5. The molecule has 2 aromatic carbocycles. The molecule has 5 N–H and O–H groups in total. The molecule has 0 bridgehead atoms. The number of carbonyl (C=O) groups is 6. The number of likely N-dealkylation sites (tertiary alicyclic amines) is 1. The van der Waals surface area contributed by atoms with E-state index in [1.807, 2.05) is 0 Å². The number of hydrogen-bond donors (Lipinski definition) is 5. The highest BCUT2D eigenvalue weighted by Crippen LogP contribution is 2.30. The van der Waals surface area contributed by atoms with Gasteiger partial charge in [0, 0.05) is 12.6 Å². The summed E-state index contributed by atoms with van der Waals surface area (Å²) in [5, 5.41) is 32.6. The van der Waals surface area contributed by atoms with Crippen LogP contribution in [0.25, 0.3) is 0 Å². The number of hydrogen-bond acceptors (Lipinski definition) is 12. The van der Waals surface area contributed by atoms with Gasteiger partial charge in [0.1, 0.15) is 41.5 Å². The minimum atomic E-state index is -1.45. The first-order valence-electron chi connectivity index (χ1n) is 21.5. The van der Waals surface area contributed by atoms with Crippen LogP contribution in [0, 0.1) is 5.92 Å². The van der Waals surface area contributed by atoms with Crippen LogP contribution in [0.5, 0.6) is 11.5 Å². The van der Waals surface area contributed by atoms with Crippen LogP contribution in [0.15, 0.2) is 48.5 Å². The van der Waals surface area contributed by atoms with Crippen molar-refractivity contribution < 1.29 is 53.2 Å². The maximum Gasteiger partial charge on any atom is 0.328 e. The SMILES string of the molecule is CCCC(NC(=O)[C@@H]1CCCN1C(=O)C(NC(=O)Cc1cc(OC)cc(OCCC[O-])c1)C1CCCCC1)C(=O)C(=O)NCC(O)N[C@H](C(=O)OC(C)(C)C)c1ccccc1. The summed E-state index contributed by atoms with van der Waals surface area (Å²) in [6.45, 7) is 6.76. The number of aliphatic hydroxyl groups is 1. The fourth-order valence-electron chi connectivity index (χ4n) is 7.74. The molecule has 2 aromatic rings. The lowest BCUT2D eigenvalue weighted by molar-refractivity contribution is -0.368. The monoisotopic (exact) mass is 850 g/mol. The van der Waals surface area contributed by atoms with Crippen LogP contribution in [0.1, 0.15) is 109 Å². The van der Waals surface area contributed by atoms with Crippen LogP contribution in [0.2, 0.25) is 0 Å².